The van der Waals surface area contributed by atoms with E-state index in [1.807, 2.05) is 23.5 Å². The van der Waals surface area contributed by atoms with Gasteiger partial charge < -0.3 is 10.1 Å². The lowest BCUT2D eigenvalue weighted by Gasteiger charge is -2.08. The fourth-order valence-electron chi connectivity index (χ4n) is 2.00. The minimum Gasteiger partial charge on any atom is -0.494 e. The second-order valence-corrected chi connectivity index (χ2v) is 5.87. The Balaban J connectivity index is 1.68. The monoisotopic (exact) mass is 289 g/mol. The molecule has 0 aliphatic rings. The van der Waals surface area contributed by atoms with Gasteiger partial charge in [0.1, 0.15) is 5.75 Å². The van der Waals surface area contributed by atoms with Crippen LogP contribution in [0.3, 0.4) is 0 Å². The molecule has 1 N–H and O–H groups in total. The summed E-state index contributed by atoms with van der Waals surface area (Å²) in [5, 5.41) is 5.56. The van der Waals surface area contributed by atoms with Crippen LogP contribution in [0.4, 0.5) is 5.69 Å². The molecule has 0 unspecified atom stereocenters. The van der Waals surface area contributed by atoms with Gasteiger partial charge in [-0.2, -0.15) is 0 Å². The molecule has 108 valence electrons. The summed E-state index contributed by atoms with van der Waals surface area (Å²) in [6.45, 7) is 3.99. The van der Waals surface area contributed by atoms with Gasteiger partial charge in [0.25, 0.3) is 0 Å². The van der Waals surface area contributed by atoms with Crippen LogP contribution >= 0.6 is 11.3 Å². The first-order valence-corrected chi connectivity index (χ1v) is 8.25. The number of hydrogen-bond acceptors (Lipinski definition) is 3. The average Bonchev–Trinajstić information content (AvgIpc) is 2.98. The Morgan fingerprint density at radius 1 is 1.10 bits per heavy atom. The van der Waals surface area contributed by atoms with Gasteiger partial charge in [0.2, 0.25) is 0 Å². The quantitative estimate of drug-likeness (QED) is 0.658. The Morgan fingerprint density at radius 2 is 1.95 bits per heavy atom. The predicted octanol–water partition coefficient (Wildman–Crippen LogP) is 4.97. The third-order valence-corrected chi connectivity index (χ3v) is 4.09. The smallest absolute Gasteiger partial charge is 0.119 e. The van der Waals surface area contributed by atoms with Crippen molar-refractivity contribution in [1.29, 1.82) is 0 Å². The average molecular weight is 289 g/mol. The van der Waals surface area contributed by atoms with Crippen molar-refractivity contribution in [3.8, 4) is 5.75 Å². The molecule has 0 saturated heterocycles. The molecule has 3 heteroatoms. The molecule has 1 aromatic heterocycles. The van der Waals surface area contributed by atoms with Crippen LogP contribution in [0, 0.1) is 0 Å². The van der Waals surface area contributed by atoms with E-state index < -0.39 is 0 Å². The number of ether oxygens (including phenoxy) is 1. The van der Waals surface area contributed by atoms with Gasteiger partial charge >= 0.3 is 0 Å². The van der Waals surface area contributed by atoms with Crippen molar-refractivity contribution >= 4 is 17.0 Å². The lowest BCUT2D eigenvalue weighted by molar-refractivity contribution is 0.306. The largest absolute Gasteiger partial charge is 0.494 e. The fraction of sp³-hybridized carbons (Fsp3) is 0.412. The number of nitrogens with one attached hydrogen (secondary N) is 1. The molecule has 0 saturated carbocycles. The van der Waals surface area contributed by atoms with E-state index >= 15 is 0 Å². The molecule has 0 bridgehead atoms. The number of hydrogen-bond donors (Lipinski definition) is 1. The second kappa shape index (κ2) is 8.64. The molecule has 0 fully saturated rings. The molecule has 2 rings (SSSR count). The zero-order valence-electron chi connectivity index (χ0n) is 12.1. The molecular formula is C17H23NOS. The highest BCUT2D eigenvalue weighted by Gasteiger charge is 1.97. The molecule has 0 spiro atoms. The SMILES string of the molecule is CCCCCOc1ccc(NCCc2cccs2)cc1. The van der Waals surface area contributed by atoms with Crippen molar-refractivity contribution in [1.82, 2.24) is 0 Å². The van der Waals surface area contributed by atoms with Crippen molar-refractivity contribution in [2.45, 2.75) is 32.6 Å². The van der Waals surface area contributed by atoms with E-state index in [2.05, 4.69) is 41.9 Å². The summed E-state index contributed by atoms with van der Waals surface area (Å²) in [5.74, 6) is 0.963. The van der Waals surface area contributed by atoms with Crippen LogP contribution in [0.2, 0.25) is 0 Å². The molecule has 2 nitrogen and oxygen atoms in total. The zero-order valence-corrected chi connectivity index (χ0v) is 12.9. The molecule has 0 amide bonds. The Labute approximate surface area is 125 Å². The van der Waals surface area contributed by atoms with Gasteiger partial charge in [-0.25, -0.2) is 0 Å². The summed E-state index contributed by atoms with van der Waals surface area (Å²) in [7, 11) is 0. The lowest BCUT2D eigenvalue weighted by Crippen LogP contribution is -2.03. The number of anilines is 1. The van der Waals surface area contributed by atoms with Crippen molar-refractivity contribution < 1.29 is 4.74 Å². The van der Waals surface area contributed by atoms with Gasteiger partial charge in [0.15, 0.2) is 0 Å². The minimum absolute atomic E-state index is 0.818. The van der Waals surface area contributed by atoms with Crippen LogP contribution in [-0.4, -0.2) is 13.2 Å². The van der Waals surface area contributed by atoms with E-state index in [1.54, 1.807) is 0 Å². The van der Waals surface area contributed by atoms with Crippen LogP contribution in [-0.2, 0) is 6.42 Å². The molecule has 0 aliphatic heterocycles. The van der Waals surface area contributed by atoms with Crippen LogP contribution in [0.25, 0.3) is 0 Å². The van der Waals surface area contributed by atoms with Gasteiger partial charge in [0, 0.05) is 17.1 Å². The fourth-order valence-corrected chi connectivity index (χ4v) is 2.70. The summed E-state index contributed by atoms with van der Waals surface area (Å²) < 4.78 is 5.70. The number of thiophene rings is 1. The van der Waals surface area contributed by atoms with Gasteiger partial charge in [0.05, 0.1) is 6.61 Å². The Kier molecular flexibility index (Phi) is 6.45. The third-order valence-electron chi connectivity index (χ3n) is 3.15. The van der Waals surface area contributed by atoms with Gasteiger partial charge in [-0.05, 0) is 48.6 Å². The van der Waals surface area contributed by atoms with Crippen LogP contribution in [0.1, 0.15) is 31.1 Å². The lowest BCUT2D eigenvalue weighted by atomic mass is 10.2. The standard InChI is InChI=1S/C17H23NOS/c1-2-3-4-13-19-16-9-7-15(8-10-16)18-12-11-17-6-5-14-20-17/h5-10,14,18H,2-4,11-13H2,1H3. The maximum atomic E-state index is 5.70. The Morgan fingerprint density at radius 3 is 2.65 bits per heavy atom. The topological polar surface area (TPSA) is 21.3 Å². The molecule has 0 atom stereocenters. The third kappa shape index (κ3) is 5.25. The molecule has 0 aliphatic carbocycles. The maximum Gasteiger partial charge on any atom is 0.119 e. The van der Waals surface area contributed by atoms with Gasteiger partial charge in [-0.3, -0.25) is 0 Å². The van der Waals surface area contributed by atoms with Gasteiger partial charge in [-0.15, -0.1) is 11.3 Å². The van der Waals surface area contributed by atoms with Gasteiger partial charge in [-0.1, -0.05) is 25.8 Å². The summed E-state index contributed by atoms with van der Waals surface area (Å²) in [5.41, 5.74) is 1.16. The highest BCUT2D eigenvalue weighted by atomic mass is 32.1. The molecule has 20 heavy (non-hydrogen) atoms. The molecule has 0 radical (unpaired) electrons. The normalized spacial score (nSPS) is 10.4. The van der Waals surface area contributed by atoms with Crippen molar-refractivity contribution in [2.75, 3.05) is 18.5 Å². The maximum absolute atomic E-state index is 5.70. The minimum atomic E-state index is 0.818. The van der Waals surface area contributed by atoms with E-state index in [1.165, 1.54) is 17.7 Å². The van der Waals surface area contributed by atoms with Crippen molar-refractivity contribution in [3.63, 3.8) is 0 Å². The Hall–Kier alpha value is -1.48. The van der Waals surface area contributed by atoms with E-state index in [0.29, 0.717) is 0 Å². The highest BCUT2D eigenvalue weighted by Crippen LogP contribution is 2.16. The van der Waals surface area contributed by atoms with E-state index in [0.717, 1.165) is 37.4 Å². The summed E-state index contributed by atoms with van der Waals surface area (Å²) in [6.07, 6.45) is 4.68. The second-order valence-electron chi connectivity index (χ2n) is 4.84. The Bertz CT molecular complexity index is 464. The van der Waals surface area contributed by atoms with Crippen molar-refractivity contribution in [3.05, 3.63) is 46.7 Å². The first-order chi connectivity index (χ1) is 9.88. The van der Waals surface area contributed by atoms with Crippen molar-refractivity contribution in [2.24, 2.45) is 0 Å². The molecule has 2 aromatic rings. The first kappa shape index (κ1) is 14.9. The summed E-state index contributed by atoms with van der Waals surface area (Å²) >= 11 is 1.81. The molecule has 1 heterocycles. The van der Waals surface area contributed by atoms with Crippen LogP contribution in [0.5, 0.6) is 5.75 Å². The number of benzene rings is 1. The zero-order chi connectivity index (χ0) is 14.0. The number of unbranched alkanes of at least 4 members (excludes halogenated alkanes) is 2. The van der Waals surface area contributed by atoms with E-state index in [-0.39, 0.29) is 0 Å². The van der Waals surface area contributed by atoms with E-state index in [4.69, 9.17) is 4.74 Å². The molecule has 1 aromatic carbocycles. The van der Waals surface area contributed by atoms with Crippen LogP contribution < -0.4 is 10.1 Å². The molecular weight excluding hydrogens is 266 g/mol. The first-order valence-electron chi connectivity index (χ1n) is 7.37. The summed E-state index contributed by atoms with van der Waals surface area (Å²) in [4.78, 5) is 1.42. The summed E-state index contributed by atoms with van der Waals surface area (Å²) in [6, 6.07) is 12.5. The highest BCUT2D eigenvalue weighted by molar-refractivity contribution is 7.09. The van der Waals surface area contributed by atoms with Crippen LogP contribution in [0.15, 0.2) is 41.8 Å². The van der Waals surface area contributed by atoms with E-state index in [9.17, 15) is 0 Å². The number of rotatable bonds is 9. The predicted molar refractivity (Wildman–Crippen MR) is 88.0 cm³/mol.